The van der Waals surface area contributed by atoms with E-state index in [0.717, 1.165) is 6.54 Å². The van der Waals surface area contributed by atoms with Crippen molar-refractivity contribution in [3.05, 3.63) is 35.4 Å². The van der Waals surface area contributed by atoms with E-state index in [4.69, 9.17) is 5.26 Å². The van der Waals surface area contributed by atoms with Crippen molar-refractivity contribution < 1.29 is 4.79 Å². The van der Waals surface area contributed by atoms with Gasteiger partial charge in [0, 0.05) is 11.6 Å². The van der Waals surface area contributed by atoms with Gasteiger partial charge in [-0.2, -0.15) is 5.26 Å². The summed E-state index contributed by atoms with van der Waals surface area (Å²) in [7, 11) is 0. The van der Waals surface area contributed by atoms with E-state index >= 15 is 0 Å². The van der Waals surface area contributed by atoms with Gasteiger partial charge in [0.05, 0.1) is 18.2 Å². The van der Waals surface area contributed by atoms with Crippen molar-refractivity contribution in [1.82, 2.24) is 4.90 Å². The molecule has 3 nitrogen and oxygen atoms in total. The van der Waals surface area contributed by atoms with Crippen LogP contribution in [0.3, 0.4) is 0 Å². The molecule has 3 heteroatoms. The smallest absolute Gasteiger partial charge is 0.176 e. The summed E-state index contributed by atoms with van der Waals surface area (Å²) in [6.07, 6.45) is 5.00. The maximum atomic E-state index is 12.2. The van der Waals surface area contributed by atoms with Crippen LogP contribution in [0, 0.1) is 11.3 Å². The number of carbonyl (C=O) groups excluding carboxylic acids is 1. The lowest BCUT2D eigenvalue weighted by molar-refractivity contribution is 0.0899. The van der Waals surface area contributed by atoms with Crippen LogP contribution in [0.4, 0.5) is 0 Å². The number of Topliss-reactive ketones (excluding diaryl/α,β-unsaturated/α-hetero) is 1. The lowest BCUT2D eigenvalue weighted by Gasteiger charge is -2.26. The molecule has 0 aliphatic heterocycles. The fourth-order valence-electron chi connectivity index (χ4n) is 2.77. The molecule has 19 heavy (non-hydrogen) atoms. The van der Waals surface area contributed by atoms with Gasteiger partial charge in [-0.1, -0.05) is 31.9 Å². The van der Waals surface area contributed by atoms with Crippen molar-refractivity contribution in [2.75, 3.05) is 13.1 Å². The Balaban J connectivity index is 2.00. The van der Waals surface area contributed by atoms with Gasteiger partial charge < -0.3 is 0 Å². The number of nitriles is 1. The molecule has 2 rings (SSSR count). The lowest BCUT2D eigenvalue weighted by atomic mass is 10.1. The van der Waals surface area contributed by atoms with E-state index < -0.39 is 0 Å². The molecule has 0 bridgehead atoms. The third-order valence-corrected chi connectivity index (χ3v) is 3.93. The third kappa shape index (κ3) is 3.42. The van der Waals surface area contributed by atoms with Crippen LogP contribution >= 0.6 is 0 Å². The van der Waals surface area contributed by atoms with Crippen LogP contribution in [-0.2, 0) is 0 Å². The van der Waals surface area contributed by atoms with E-state index in [9.17, 15) is 4.79 Å². The quantitative estimate of drug-likeness (QED) is 0.761. The molecule has 0 aromatic heterocycles. The van der Waals surface area contributed by atoms with E-state index in [1.807, 2.05) is 0 Å². The van der Waals surface area contributed by atoms with Gasteiger partial charge in [0.2, 0.25) is 0 Å². The molecular weight excluding hydrogens is 236 g/mol. The molecule has 0 heterocycles. The van der Waals surface area contributed by atoms with Gasteiger partial charge in [0.1, 0.15) is 0 Å². The maximum Gasteiger partial charge on any atom is 0.176 e. The first-order chi connectivity index (χ1) is 9.24. The van der Waals surface area contributed by atoms with Crippen LogP contribution in [0.2, 0.25) is 0 Å². The number of nitrogens with zero attached hydrogens (tertiary/aromatic N) is 2. The number of carbonyl (C=O) groups is 1. The largest absolute Gasteiger partial charge is 0.293 e. The van der Waals surface area contributed by atoms with E-state index in [1.54, 1.807) is 24.3 Å². The Labute approximate surface area is 114 Å². The van der Waals surface area contributed by atoms with Gasteiger partial charge in [0.15, 0.2) is 5.78 Å². The summed E-state index contributed by atoms with van der Waals surface area (Å²) in [6, 6.07) is 9.57. The zero-order valence-corrected chi connectivity index (χ0v) is 11.4. The average molecular weight is 256 g/mol. The molecule has 1 aliphatic carbocycles. The number of ketones is 1. The maximum absolute atomic E-state index is 12.2. The molecule has 0 atom stereocenters. The molecule has 1 aromatic rings. The normalized spacial score (nSPS) is 15.6. The van der Waals surface area contributed by atoms with Crippen molar-refractivity contribution >= 4 is 5.78 Å². The van der Waals surface area contributed by atoms with Crippen molar-refractivity contribution in [1.29, 1.82) is 5.26 Å². The summed E-state index contributed by atoms with van der Waals surface area (Å²) in [5.41, 5.74) is 1.30. The predicted molar refractivity (Wildman–Crippen MR) is 75.0 cm³/mol. The van der Waals surface area contributed by atoms with E-state index in [0.29, 0.717) is 23.7 Å². The number of hydrogen-bond acceptors (Lipinski definition) is 3. The summed E-state index contributed by atoms with van der Waals surface area (Å²) < 4.78 is 0. The van der Waals surface area contributed by atoms with Gasteiger partial charge in [-0.05, 0) is 31.5 Å². The topological polar surface area (TPSA) is 44.1 Å². The molecular formula is C16H20N2O. The molecule has 0 amide bonds. The number of benzene rings is 1. The average Bonchev–Trinajstić information content (AvgIpc) is 2.98. The number of hydrogen-bond donors (Lipinski definition) is 0. The van der Waals surface area contributed by atoms with Gasteiger partial charge in [-0.25, -0.2) is 0 Å². The zero-order chi connectivity index (χ0) is 13.7. The summed E-state index contributed by atoms with van der Waals surface area (Å²) in [5, 5.41) is 8.75. The van der Waals surface area contributed by atoms with Crippen LogP contribution in [-0.4, -0.2) is 29.8 Å². The minimum absolute atomic E-state index is 0.151. The van der Waals surface area contributed by atoms with Gasteiger partial charge >= 0.3 is 0 Å². The van der Waals surface area contributed by atoms with Crippen LogP contribution in [0.15, 0.2) is 24.3 Å². The molecule has 100 valence electrons. The first kappa shape index (κ1) is 13.8. The molecule has 1 aliphatic rings. The molecule has 0 N–H and O–H groups in total. The Morgan fingerprint density at radius 1 is 1.32 bits per heavy atom. The Hall–Kier alpha value is -1.66. The number of rotatable bonds is 5. The summed E-state index contributed by atoms with van der Waals surface area (Å²) in [4.78, 5) is 14.5. The van der Waals surface area contributed by atoms with E-state index in [2.05, 4.69) is 17.9 Å². The predicted octanol–water partition coefficient (Wildman–Crippen LogP) is 3.01. The first-order valence-corrected chi connectivity index (χ1v) is 7.02. The lowest BCUT2D eigenvalue weighted by Crippen LogP contribution is -2.37. The van der Waals surface area contributed by atoms with Gasteiger partial charge in [-0.3, -0.25) is 9.69 Å². The third-order valence-electron chi connectivity index (χ3n) is 3.93. The zero-order valence-electron chi connectivity index (χ0n) is 11.4. The Kier molecular flexibility index (Phi) is 4.70. The monoisotopic (exact) mass is 256 g/mol. The van der Waals surface area contributed by atoms with Crippen LogP contribution in [0.1, 0.15) is 48.5 Å². The molecule has 0 spiro atoms. The first-order valence-electron chi connectivity index (χ1n) is 7.02. The molecule has 0 radical (unpaired) electrons. The molecule has 1 saturated carbocycles. The minimum atomic E-state index is 0.151. The molecule has 0 unspecified atom stereocenters. The minimum Gasteiger partial charge on any atom is -0.293 e. The van der Waals surface area contributed by atoms with Crippen LogP contribution in [0.25, 0.3) is 0 Å². The second-order valence-electron chi connectivity index (χ2n) is 5.11. The number of likely N-dealkylation sites (N-methyl/N-ethyl adjacent to an activating group) is 1. The highest BCUT2D eigenvalue weighted by Crippen LogP contribution is 2.23. The highest BCUT2D eigenvalue weighted by atomic mass is 16.1. The molecule has 0 saturated heterocycles. The van der Waals surface area contributed by atoms with Gasteiger partial charge in [-0.15, -0.1) is 0 Å². The second-order valence-corrected chi connectivity index (χ2v) is 5.11. The Bertz CT molecular complexity index is 467. The Morgan fingerprint density at radius 2 is 1.95 bits per heavy atom. The van der Waals surface area contributed by atoms with E-state index in [-0.39, 0.29) is 5.78 Å². The van der Waals surface area contributed by atoms with Gasteiger partial charge in [0.25, 0.3) is 0 Å². The summed E-state index contributed by atoms with van der Waals surface area (Å²) in [5.74, 6) is 0.151. The van der Waals surface area contributed by atoms with Crippen molar-refractivity contribution in [2.24, 2.45) is 0 Å². The summed E-state index contributed by atoms with van der Waals surface area (Å²) >= 11 is 0. The second kappa shape index (κ2) is 6.49. The molecule has 1 fully saturated rings. The van der Waals surface area contributed by atoms with Crippen molar-refractivity contribution in [3.8, 4) is 6.07 Å². The van der Waals surface area contributed by atoms with Crippen LogP contribution in [0.5, 0.6) is 0 Å². The molecule has 1 aromatic carbocycles. The Morgan fingerprint density at radius 3 is 2.47 bits per heavy atom. The van der Waals surface area contributed by atoms with E-state index in [1.165, 1.54) is 25.7 Å². The fourth-order valence-corrected chi connectivity index (χ4v) is 2.77. The highest BCUT2D eigenvalue weighted by Gasteiger charge is 2.23. The standard InChI is InChI=1S/C16H20N2O/c1-2-18(15-5-3-4-6-15)12-16(19)14-9-7-13(11-17)8-10-14/h7-10,15H,2-6,12H2,1H3. The van der Waals surface area contributed by atoms with Crippen molar-refractivity contribution in [2.45, 2.75) is 38.6 Å². The highest BCUT2D eigenvalue weighted by molar-refractivity contribution is 5.97. The summed E-state index contributed by atoms with van der Waals surface area (Å²) in [6.45, 7) is 3.53. The SMILES string of the molecule is CCN(CC(=O)c1ccc(C#N)cc1)C1CCCC1. The van der Waals surface area contributed by atoms with Crippen molar-refractivity contribution in [3.63, 3.8) is 0 Å². The fraction of sp³-hybridized carbons (Fsp3) is 0.500. The van der Waals surface area contributed by atoms with Crippen LogP contribution < -0.4 is 0 Å².